The van der Waals surface area contributed by atoms with Crippen LogP contribution in [0.3, 0.4) is 0 Å². The van der Waals surface area contributed by atoms with Crippen molar-refractivity contribution in [2.24, 2.45) is 0 Å². The third-order valence-electron chi connectivity index (χ3n) is 2.86. The summed E-state index contributed by atoms with van der Waals surface area (Å²) in [6.45, 7) is 5.27. The summed E-state index contributed by atoms with van der Waals surface area (Å²) in [6.07, 6.45) is 2.90. The molecule has 1 unspecified atom stereocenters. The van der Waals surface area contributed by atoms with Gasteiger partial charge in [-0.1, -0.05) is 18.2 Å². The molecule has 0 saturated carbocycles. The van der Waals surface area contributed by atoms with E-state index in [2.05, 4.69) is 6.58 Å². The second kappa shape index (κ2) is 4.34. The molecule has 17 heavy (non-hydrogen) atoms. The molecule has 1 aromatic heterocycles. The summed E-state index contributed by atoms with van der Waals surface area (Å²) in [7, 11) is 0. The zero-order valence-electron chi connectivity index (χ0n) is 9.74. The summed E-state index contributed by atoms with van der Waals surface area (Å²) in [4.78, 5) is 0. The number of rotatable bonds is 4. The van der Waals surface area contributed by atoms with Crippen LogP contribution in [0.5, 0.6) is 0 Å². The molecule has 90 valence electrons. The molecule has 1 atom stereocenters. The minimum absolute atomic E-state index is 0.196. The van der Waals surface area contributed by atoms with Gasteiger partial charge in [0.25, 0.3) is 0 Å². The van der Waals surface area contributed by atoms with E-state index in [-0.39, 0.29) is 5.58 Å². The summed E-state index contributed by atoms with van der Waals surface area (Å²) < 4.78 is 18.8. The van der Waals surface area contributed by atoms with E-state index in [0.29, 0.717) is 24.0 Å². The van der Waals surface area contributed by atoms with Crippen LogP contribution < -0.4 is 0 Å². The van der Waals surface area contributed by atoms with Crippen molar-refractivity contribution in [3.63, 3.8) is 0 Å². The first-order valence-corrected chi connectivity index (χ1v) is 5.56. The Morgan fingerprint density at radius 1 is 1.53 bits per heavy atom. The summed E-state index contributed by atoms with van der Waals surface area (Å²) in [5.41, 5.74) is -0.902. The normalized spacial score (nSPS) is 14.8. The van der Waals surface area contributed by atoms with Crippen LogP contribution in [0.4, 0.5) is 4.39 Å². The zero-order valence-corrected chi connectivity index (χ0v) is 9.74. The molecule has 0 amide bonds. The van der Waals surface area contributed by atoms with E-state index in [1.807, 2.05) is 0 Å². The van der Waals surface area contributed by atoms with Crippen molar-refractivity contribution in [1.82, 2.24) is 0 Å². The molecule has 3 heteroatoms. The van der Waals surface area contributed by atoms with Crippen molar-refractivity contribution < 1.29 is 13.9 Å². The first-order chi connectivity index (χ1) is 8.04. The Bertz CT molecular complexity index is 540. The average molecular weight is 234 g/mol. The van der Waals surface area contributed by atoms with E-state index >= 15 is 0 Å². The van der Waals surface area contributed by atoms with E-state index in [1.165, 1.54) is 6.07 Å². The number of furan rings is 1. The topological polar surface area (TPSA) is 33.4 Å². The lowest BCUT2D eigenvalue weighted by atomic mass is 9.97. The molecule has 0 radical (unpaired) electrons. The average Bonchev–Trinajstić information content (AvgIpc) is 2.72. The van der Waals surface area contributed by atoms with E-state index in [4.69, 9.17) is 4.42 Å². The molecule has 2 rings (SSSR count). The highest BCUT2D eigenvalue weighted by Crippen LogP contribution is 2.32. The number of allylic oxidation sites excluding steroid dienone is 1. The Labute approximate surface area is 99.4 Å². The maximum atomic E-state index is 13.4. The Balaban J connectivity index is 2.42. The van der Waals surface area contributed by atoms with Gasteiger partial charge in [0.2, 0.25) is 0 Å². The van der Waals surface area contributed by atoms with Crippen LogP contribution in [0, 0.1) is 5.82 Å². The first kappa shape index (κ1) is 11.9. The van der Waals surface area contributed by atoms with Crippen molar-refractivity contribution in [1.29, 1.82) is 0 Å². The highest BCUT2D eigenvalue weighted by molar-refractivity contribution is 5.78. The minimum atomic E-state index is -1.10. The SMILES string of the molecule is C=CCCC(C)(O)c1cc2cccc(F)c2o1. The van der Waals surface area contributed by atoms with Crippen molar-refractivity contribution in [2.45, 2.75) is 25.4 Å². The molecule has 1 heterocycles. The van der Waals surface area contributed by atoms with Gasteiger partial charge in [0.1, 0.15) is 11.4 Å². The van der Waals surface area contributed by atoms with E-state index in [9.17, 15) is 9.50 Å². The van der Waals surface area contributed by atoms with Gasteiger partial charge in [0.05, 0.1) is 0 Å². The van der Waals surface area contributed by atoms with Gasteiger partial charge in [-0.15, -0.1) is 6.58 Å². The molecule has 2 aromatic rings. The van der Waals surface area contributed by atoms with Crippen molar-refractivity contribution in [3.8, 4) is 0 Å². The predicted molar refractivity (Wildman–Crippen MR) is 65.2 cm³/mol. The fourth-order valence-electron chi connectivity index (χ4n) is 1.80. The second-order valence-corrected chi connectivity index (χ2v) is 4.37. The van der Waals surface area contributed by atoms with E-state index in [0.717, 1.165) is 0 Å². The molecule has 0 aliphatic heterocycles. The largest absolute Gasteiger partial charge is 0.455 e. The van der Waals surface area contributed by atoms with Crippen molar-refractivity contribution in [3.05, 3.63) is 48.5 Å². The molecule has 1 N–H and O–H groups in total. The third-order valence-corrected chi connectivity index (χ3v) is 2.86. The molecule has 0 aliphatic rings. The number of para-hydroxylation sites is 1. The van der Waals surface area contributed by atoms with Crippen LogP contribution in [0.15, 0.2) is 41.3 Å². The molecule has 0 fully saturated rings. The standard InChI is InChI=1S/C14H15FO2/c1-3-4-8-14(2,16)12-9-10-6-5-7-11(15)13(10)17-12/h3,5-7,9,16H,1,4,8H2,2H3. The van der Waals surface area contributed by atoms with Crippen LogP contribution in [0.2, 0.25) is 0 Å². The van der Waals surface area contributed by atoms with Gasteiger partial charge in [-0.2, -0.15) is 0 Å². The number of hydrogen-bond acceptors (Lipinski definition) is 2. The van der Waals surface area contributed by atoms with Crippen molar-refractivity contribution in [2.75, 3.05) is 0 Å². The number of hydrogen-bond donors (Lipinski definition) is 1. The number of halogens is 1. The second-order valence-electron chi connectivity index (χ2n) is 4.37. The van der Waals surface area contributed by atoms with E-state index in [1.54, 1.807) is 31.2 Å². The fourth-order valence-corrected chi connectivity index (χ4v) is 1.80. The number of benzene rings is 1. The van der Waals surface area contributed by atoms with Crippen LogP contribution in [-0.2, 0) is 5.60 Å². The first-order valence-electron chi connectivity index (χ1n) is 5.56. The van der Waals surface area contributed by atoms with Gasteiger partial charge in [0.15, 0.2) is 11.4 Å². The maximum absolute atomic E-state index is 13.4. The van der Waals surface area contributed by atoms with Gasteiger partial charge in [-0.3, -0.25) is 0 Å². The molecular formula is C14H15FO2. The lowest BCUT2D eigenvalue weighted by Gasteiger charge is -2.19. The Kier molecular flexibility index (Phi) is 3.03. The van der Waals surface area contributed by atoms with Crippen LogP contribution in [-0.4, -0.2) is 5.11 Å². The third kappa shape index (κ3) is 2.24. The molecule has 2 nitrogen and oxygen atoms in total. The van der Waals surface area contributed by atoms with Gasteiger partial charge >= 0.3 is 0 Å². The summed E-state index contributed by atoms with van der Waals surface area (Å²) >= 11 is 0. The lowest BCUT2D eigenvalue weighted by Crippen LogP contribution is -2.19. The highest BCUT2D eigenvalue weighted by atomic mass is 19.1. The van der Waals surface area contributed by atoms with Gasteiger partial charge in [-0.05, 0) is 31.9 Å². The van der Waals surface area contributed by atoms with Crippen LogP contribution >= 0.6 is 0 Å². The maximum Gasteiger partial charge on any atom is 0.170 e. The Morgan fingerprint density at radius 2 is 2.29 bits per heavy atom. The fraction of sp³-hybridized carbons (Fsp3) is 0.286. The van der Waals surface area contributed by atoms with Gasteiger partial charge in [-0.25, -0.2) is 4.39 Å². The minimum Gasteiger partial charge on any atom is -0.455 e. The van der Waals surface area contributed by atoms with Crippen LogP contribution in [0.25, 0.3) is 11.0 Å². The molecule has 0 aliphatic carbocycles. The molecule has 0 saturated heterocycles. The zero-order chi connectivity index (χ0) is 12.5. The monoisotopic (exact) mass is 234 g/mol. The molecule has 0 bridgehead atoms. The van der Waals surface area contributed by atoms with Crippen LogP contribution in [0.1, 0.15) is 25.5 Å². The number of fused-ring (bicyclic) bond motifs is 1. The molecule has 1 aromatic carbocycles. The summed E-state index contributed by atoms with van der Waals surface area (Å²) in [5.74, 6) is -0.0206. The Morgan fingerprint density at radius 3 is 2.94 bits per heavy atom. The summed E-state index contributed by atoms with van der Waals surface area (Å²) in [5, 5.41) is 10.9. The molecular weight excluding hydrogens is 219 g/mol. The number of aliphatic hydroxyl groups is 1. The van der Waals surface area contributed by atoms with E-state index < -0.39 is 11.4 Å². The smallest absolute Gasteiger partial charge is 0.170 e. The highest BCUT2D eigenvalue weighted by Gasteiger charge is 2.27. The molecule has 0 spiro atoms. The predicted octanol–water partition coefficient (Wildman–Crippen LogP) is 3.75. The van der Waals surface area contributed by atoms with Crippen molar-refractivity contribution >= 4 is 11.0 Å². The Hall–Kier alpha value is -1.61. The lowest BCUT2D eigenvalue weighted by molar-refractivity contribution is 0.0277. The summed E-state index contributed by atoms with van der Waals surface area (Å²) in [6, 6.07) is 6.40. The van der Waals surface area contributed by atoms with Gasteiger partial charge < -0.3 is 9.52 Å². The van der Waals surface area contributed by atoms with Gasteiger partial charge in [0, 0.05) is 5.39 Å². The quantitative estimate of drug-likeness (QED) is 0.817.